The summed E-state index contributed by atoms with van der Waals surface area (Å²) in [5, 5.41) is 9.09. The lowest BCUT2D eigenvalue weighted by atomic mass is 9.90. The van der Waals surface area contributed by atoms with Crippen LogP contribution in [0.15, 0.2) is 11.9 Å². The Morgan fingerprint density at radius 3 is 1.32 bits per heavy atom. The maximum absolute atomic E-state index is 13.5. The molecule has 0 aromatic heterocycles. The van der Waals surface area contributed by atoms with Gasteiger partial charge in [-0.15, -0.1) is 0 Å². The molecule has 0 aliphatic heterocycles. The molecule has 0 saturated carbocycles. The van der Waals surface area contributed by atoms with E-state index < -0.39 is 66.3 Å². The molecule has 0 fully saturated rings. The molecule has 0 radical (unpaired) electrons. The highest BCUT2D eigenvalue weighted by Crippen LogP contribution is 2.63. The Bertz CT molecular complexity index is 665. The normalized spacial score (nSPS) is 17.4. The molecule has 0 aliphatic carbocycles. The number of alkyl halides is 15. The van der Waals surface area contributed by atoms with Crippen molar-refractivity contribution in [3.8, 4) is 0 Å². The molecule has 0 rings (SSSR count). The van der Waals surface area contributed by atoms with Gasteiger partial charge >= 0.3 is 41.7 Å². The predicted octanol–water partition coefficient (Wildman–Crippen LogP) is 5.14. The van der Waals surface area contributed by atoms with Crippen molar-refractivity contribution in [3.63, 3.8) is 0 Å². The van der Waals surface area contributed by atoms with E-state index in [1.165, 1.54) is 0 Å². The maximum atomic E-state index is 13.5. The lowest BCUT2D eigenvalue weighted by Crippen LogP contribution is -2.72. The zero-order valence-electron chi connectivity index (χ0n) is 14.8. The van der Waals surface area contributed by atoms with Crippen molar-refractivity contribution in [2.45, 2.75) is 47.8 Å². The van der Waals surface area contributed by atoms with Gasteiger partial charge in [-0.3, -0.25) is 0 Å². The standard InChI is InChI=1S/C13H11F16NO/c1-30(2)4-5(31)3-6(14)7(15,16)8(17,18)9(19,20)10(21,22)11(23,24)12(25,26)13(27,28)29/h3,5,31H,4H2,1-2H3. The average Bonchev–Trinajstić information content (AvgIpc) is 2.51. The smallest absolute Gasteiger partial charge is 0.388 e. The molecule has 1 unspecified atom stereocenters. The summed E-state index contributed by atoms with van der Waals surface area (Å²) >= 11 is 0. The number of aliphatic hydroxyl groups is 1. The second kappa shape index (κ2) is 8.15. The Morgan fingerprint density at radius 1 is 0.677 bits per heavy atom. The van der Waals surface area contributed by atoms with E-state index in [1.807, 2.05) is 0 Å². The first-order chi connectivity index (χ1) is 13.2. The number of rotatable bonds is 9. The van der Waals surface area contributed by atoms with Gasteiger partial charge in [-0.05, 0) is 20.2 Å². The molecule has 1 N–H and O–H groups in total. The van der Waals surface area contributed by atoms with Gasteiger partial charge < -0.3 is 10.0 Å². The van der Waals surface area contributed by atoms with Crippen molar-refractivity contribution >= 4 is 0 Å². The van der Waals surface area contributed by atoms with Gasteiger partial charge in [0, 0.05) is 6.54 Å². The van der Waals surface area contributed by atoms with Gasteiger partial charge in [-0.25, -0.2) is 4.39 Å². The molecular formula is C13H11F16NO. The van der Waals surface area contributed by atoms with Crippen molar-refractivity contribution in [1.82, 2.24) is 4.90 Å². The lowest BCUT2D eigenvalue weighted by Gasteiger charge is -2.41. The summed E-state index contributed by atoms with van der Waals surface area (Å²) in [5.41, 5.74) is 0. The van der Waals surface area contributed by atoms with Crippen LogP contribution >= 0.6 is 0 Å². The molecule has 0 aliphatic rings. The Labute approximate surface area is 162 Å². The van der Waals surface area contributed by atoms with Crippen molar-refractivity contribution < 1.29 is 75.4 Å². The minimum atomic E-state index is -8.49. The highest BCUT2D eigenvalue weighted by molar-refractivity contribution is 5.20. The van der Waals surface area contributed by atoms with E-state index in [0.717, 1.165) is 19.0 Å². The minimum Gasteiger partial charge on any atom is -0.388 e. The third kappa shape index (κ3) is 4.54. The van der Waals surface area contributed by atoms with E-state index in [0.29, 0.717) is 0 Å². The first-order valence-electron chi connectivity index (χ1n) is 7.27. The summed E-state index contributed by atoms with van der Waals surface area (Å²) in [4.78, 5) is 0.882. The first-order valence-corrected chi connectivity index (χ1v) is 7.27. The number of hydrogen-bond donors (Lipinski definition) is 1. The number of aliphatic hydroxyl groups excluding tert-OH is 1. The third-order valence-corrected chi connectivity index (χ3v) is 3.52. The minimum absolute atomic E-state index is 0.850. The molecule has 31 heavy (non-hydrogen) atoms. The van der Waals surface area contributed by atoms with Crippen LogP contribution in [0.25, 0.3) is 0 Å². The van der Waals surface area contributed by atoms with Crippen molar-refractivity contribution in [1.29, 1.82) is 0 Å². The van der Waals surface area contributed by atoms with Gasteiger partial charge in [0.15, 0.2) is 5.83 Å². The highest BCUT2D eigenvalue weighted by atomic mass is 19.4. The Balaban J connectivity index is 6.53. The SMILES string of the molecule is CN(C)CC(O)C=C(F)C(F)(F)C(F)(F)C(F)(F)C(F)(F)C(F)(F)C(F)(F)C(F)(F)F. The number of hydrogen-bond acceptors (Lipinski definition) is 2. The second-order valence-corrected chi connectivity index (χ2v) is 6.29. The fourth-order valence-electron chi connectivity index (χ4n) is 1.82. The molecule has 0 aromatic carbocycles. The van der Waals surface area contributed by atoms with Crippen LogP contribution in [0.5, 0.6) is 0 Å². The van der Waals surface area contributed by atoms with Crippen LogP contribution < -0.4 is 0 Å². The zero-order chi connectivity index (χ0) is 25.6. The lowest BCUT2D eigenvalue weighted by molar-refractivity contribution is -0.450. The van der Waals surface area contributed by atoms with Crippen molar-refractivity contribution in [2.24, 2.45) is 0 Å². The number of allylic oxidation sites excluding steroid dienone is 1. The monoisotopic (exact) mass is 501 g/mol. The molecule has 18 heteroatoms. The van der Waals surface area contributed by atoms with Gasteiger partial charge in [0.25, 0.3) is 0 Å². The summed E-state index contributed by atoms with van der Waals surface area (Å²) < 4.78 is 207. The molecule has 0 bridgehead atoms. The topological polar surface area (TPSA) is 23.5 Å². The van der Waals surface area contributed by atoms with E-state index in [4.69, 9.17) is 5.11 Å². The van der Waals surface area contributed by atoms with E-state index in [-0.39, 0.29) is 0 Å². The molecule has 186 valence electrons. The Hall–Kier alpha value is -1.46. The quantitative estimate of drug-likeness (QED) is 0.443. The molecule has 2 nitrogen and oxygen atoms in total. The van der Waals surface area contributed by atoms with E-state index in [1.54, 1.807) is 0 Å². The highest BCUT2D eigenvalue weighted by Gasteiger charge is 2.93. The van der Waals surface area contributed by atoms with Gasteiger partial charge in [-0.1, -0.05) is 0 Å². The molecule has 0 saturated heterocycles. The van der Waals surface area contributed by atoms with Gasteiger partial charge in [-0.2, -0.15) is 65.9 Å². The Morgan fingerprint density at radius 2 is 1.00 bits per heavy atom. The third-order valence-electron chi connectivity index (χ3n) is 3.52. The summed E-state index contributed by atoms with van der Waals surface area (Å²) in [6.07, 6.45) is -11.1. The van der Waals surface area contributed by atoms with E-state index >= 15 is 0 Å². The van der Waals surface area contributed by atoms with Crippen molar-refractivity contribution in [2.75, 3.05) is 20.6 Å². The Kier molecular flexibility index (Phi) is 7.77. The predicted molar refractivity (Wildman–Crippen MR) is 69.5 cm³/mol. The summed E-state index contributed by atoms with van der Waals surface area (Å²) in [5.74, 6) is -52.3. The van der Waals surface area contributed by atoms with Crippen LogP contribution in [-0.4, -0.2) is 78.5 Å². The largest absolute Gasteiger partial charge is 0.460 e. The van der Waals surface area contributed by atoms with Gasteiger partial charge in [0.2, 0.25) is 0 Å². The van der Waals surface area contributed by atoms with Crippen LogP contribution in [0.3, 0.4) is 0 Å². The number of nitrogens with zero attached hydrogens (tertiary/aromatic N) is 1. The van der Waals surface area contributed by atoms with E-state index in [9.17, 15) is 70.2 Å². The van der Waals surface area contributed by atoms with Crippen LogP contribution in [-0.2, 0) is 0 Å². The second-order valence-electron chi connectivity index (χ2n) is 6.29. The summed E-state index contributed by atoms with van der Waals surface area (Å²) in [7, 11) is 2.17. The van der Waals surface area contributed by atoms with Crippen LogP contribution in [0, 0.1) is 0 Å². The first kappa shape index (κ1) is 29.5. The van der Waals surface area contributed by atoms with Gasteiger partial charge in [0.1, 0.15) is 0 Å². The van der Waals surface area contributed by atoms with Crippen molar-refractivity contribution in [3.05, 3.63) is 11.9 Å². The molecule has 0 spiro atoms. The number of likely N-dealkylation sites (N-methyl/N-ethyl adjacent to an activating group) is 1. The zero-order valence-corrected chi connectivity index (χ0v) is 14.8. The van der Waals surface area contributed by atoms with E-state index in [2.05, 4.69) is 0 Å². The van der Waals surface area contributed by atoms with Crippen LogP contribution in [0.1, 0.15) is 0 Å². The molecule has 1 atom stereocenters. The fourth-order valence-corrected chi connectivity index (χ4v) is 1.82. The fraction of sp³-hybridized carbons (Fsp3) is 0.846. The maximum Gasteiger partial charge on any atom is 0.460 e. The molecule has 0 aromatic rings. The molecule has 0 amide bonds. The molecule has 0 heterocycles. The summed E-state index contributed by atoms with van der Waals surface area (Å²) in [6, 6.07) is 0. The van der Waals surface area contributed by atoms with Gasteiger partial charge in [0.05, 0.1) is 6.10 Å². The summed E-state index contributed by atoms with van der Waals surface area (Å²) in [6.45, 7) is -0.850. The van der Waals surface area contributed by atoms with Crippen LogP contribution in [0.4, 0.5) is 70.2 Å². The number of halogens is 16. The average molecular weight is 501 g/mol. The van der Waals surface area contributed by atoms with Crippen LogP contribution in [0.2, 0.25) is 0 Å². The molecular weight excluding hydrogens is 490 g/mol.